The van der Waals surface area contributed by atoms with Gasteiger partial charge in [0.1, 0.15) is 23.2 Å². The van der Waals surface area contributed by atoms with Crippen LogP contribution in [0.3, 0.4) is 0 Å². The second kappa shape index (κ2) is 3.61. The van der Waals surface area contributed by atoms with Crippen LogP contribution < -0.4 is 4.74 Å². The van der Waals surface area contributed by atoms with Crippen LogP contribution in [0.1, 0.15) is 18.1 Å². The van der Waals surface area contributed by atoms with Crippen molar-refractivity contribution in [3.05, 3.63) is 28.8 Å². The molecule has 0 saturated heterocycles. The lowest BCUT2D eigenvalue weighted by Crippen LogP contribution is -2.03. The van der Waals surface area contributed by atoms with Crippen LogP contribution in [0, 0.1) is 11.6 Å². The number of carbonyl (C=O) groups excluding carboxylic acids is 1. The minimum atomic E-state index is -0.705. The number of Topliss-reactive ketones (excluding diaryl/α,β-unsaturated/α-hetero) is 1. The summed E-state index contributed by atoms with van der Waals surface area (Å²) < 4.78 is 31.8. The number of fused-ring (bicyclic) bond motifs is 1. The number of hydrogen-bond acceptors (Lipinski definition) is 2. The highest BCUT2D eigenvalue weighted by Gasteiger charge is 2.24. The van der Waals surface area contributed by atoms with Gasteiger partial charge in [0.2, 0.25) is 0 Å². The standard InChI is InChI=1S/C11H10F2O2/c1-6(14)4-8-10(13)5-9(12)7-2-3-15-11(7)8/h5H,2-4H2,1H3. The average Bonchev–Trinajstić information content (AvgIpc) is 2.60. The van der Waals surface area contributed by atoms with E-state index in [1.54, 1.807) is 0 Å². The fourth-order valence-electron chi connectivity index (χ4n) is 1.76. The Labute approximate surface area is 85.9 Å². The Morgan fingerprint density at radius 1 is 1.47 bits per heavy atom. The van der Waals surface area contributed by atoms with Crippen molar-refractivity contribution in [3.8, 4) is 5.75 Å². The molecule has 15 heavy (non-hydrogen) atoms. The number of ketones is 1. The van der Waals surface area contributed by atoms with Crippen molar-refractivity contribution in [1.82, 2.24) is 0 Å². The second-order valence-electron chi connectivity index (χ2n) is 3.60. The third-order valence-corrected chi connectivity index (χ3v) is 2.40. The Morgan fingerprint density at radius 2 is 2.20 bits per heavy atom. The summed E-state index contributed by atoms with van der Waals surface area (Å²) in [5.74, 6) is -1.24. The predicted molar refractivity (Wildman–Crippen MR) is 49.9 cm³/mol. The molecule has 0 N–H and O–H groups in total. The zero-order valence-electron chi connectivity index (χ0n) is 8.27. The molecule has 0 spiro atoms. The Bertz CT molecular complexity index is 427. The van der Waals surface area contributed by atoms with Crippen LogP contribution >= 0.6 is 0 Å². The topological polar surface area (TPSA) is 26.3 Å². The van der Waals surface area contributed by atoms with E-state index in [2.05, 4.69) is 0 Å². The summed E-state index contributed by atoms with van der Waals surface area (Å²) in [5, 5.41) is 0. The van der Waals surface area contributed by atoms with E-state index in [0.29, 0.717) is 18.6 Å². The summed E-state index contributed by atoms with van der Waals surface area (Å²) in [4.78, 5) is 10.9. The SMILES string of the molecule is CC(=O)Cc1c(F)cc(F)c2c1OCC2. The smallest absolute Gasteiger partial charge is 0.134 e. The summed E-state index contributed by atoms with van der Waals surface area (Å²) in [6.45, 7) is 1.71. The first-order valence-corrected chi connectivity index (χ1v) is 4.71. The van der Waals surface area contributed by atoms with Crippen LogP contribution in [0.25, 0.3) is 0 Å². The van der Waals surface area contributed by atoms with E-state index in [1.165, 1.54) is 6.92 Å². The molecule has 0 atom stereocenters. The van der Waals surface area contributed by atoms with Gasteiger partial charge in [0, 0.05) is 30.0 Å². The quantitative estimate of drug-likeness (QED) is 0.749. The fourth-order valence-corrected chi connectivity index (χ4v) is 1.76. The van der Waals surface area contributed by atoms with Gasteiger partial charge in [-0.1, -0.05) is 0 Å². The van der Waals surface area contributed by atoms with E-state index < -0.39 is 11.6 Å². The van der Waals surface area contributed by atoms with Gasteiger partial charge in [0.15, 0.2) is 0 Å². The van der Waals surface area contributed by atoms with Crippen molar-refractivity contribution in [1.29, 1.82) is 0 Å². The normalized spacial score (nSPS) is 13.5. The average molecular weight is 212 g/mol. The second-order valence-corrected chi connectivity index (χ2v) is 3.60. The van der Waals surface area contributed by atoms with Gasteiger partial charge in [-0.2, -0.15) is 0 Å². The molecule has 1 aliphatic rings. The molecule has 0 radical (unpaired) electrons. The maximum Gasteiger partial charge on any atom is 0.134 e. The fraction of sp³-hybridized carbons (Fsp3) is 0.364. The molecular formula is C11H10F2O2. The third kappa shape index (κ3) is 1.71. The highest BCUT2D eigenvalue weighted by molar-refractivity contribution is 5.79. The van der Waals surface area contributed by atoms with Crippen LogP contribution in [0.2, 0.25) is 0 Å². The number of halogens is 2. The number of carbonyl (C=O) groups is 1. The van der Waals surface area contributed by atoms with Crippen molar-refractivity contribution in [2.45, 2.75) is 19.8 Å². The molecule has 0 aromatic heterocycles. The van der Waals surface area contributed by atoms with Gasteiger partial charge in [-0.3, -0.25) is 4.79 Å². The molecule has 0 amide bonds. The minimum absolute atomic E-state index is 0.0472. The van der Waals surface area contributed by atoms with E-state index in [9.17, 15) is 13.6 Å². The maximum absolute atomic E-state index is 13.4. The third-order valence-electron chi connectivity index (χ3n) is 2.40. The van der Waals surface area contributed by atoms with E-state index in [0.717, 1.165) is 6.07 Å². The first-order valence-electron chi connectivity index (χ1n) is 4.71. The van der Waals surface area contributed by atoms with Crippen molar-refractivity contribution in [2.75, 3.05) is 6.61 Å². The monoisotopic (exact) mass is 212 g/mol. The Morgan fingerprint density at radius 3 is 2.87 bits per heavy atom. The van der Waals surface area contributed by atoms with E-state index in [1.807, 2.05) is 0 Å². The van der Waals surface area contributed by atoms with Crippen LogP contribution in [-0.2, 0) is 17.6 Å². The lowest BCUT2D eigenvalue weighted by atomic mass is 10.0. The highest BCUT2D eigenvalue weighted by atomic mass is 19.1. The Balaban J connectivity index is 2.54. The first-order chi connectivity index (χ1) is 7.09. The van der Waals surface area contributed by atoms with Crippen molar-refractivity contribution in [3.63, 3.8) is 0 Å². The van der Waals surface area contributed by atoms with Crippen LogP contribution in [0.4, 0.5) is 8.78 Å². The number of rotatable bonds is 2. The molecule has 1 aliphatic heterocycles. The zero-order valence-corrected chi connectivity index (χ0v) is 8.27. The number of ether oxygens (including phenoxy) is 1. The lowest BCUT2D eigenvalue weighted by Gasteiger charge is -2.08. The largest absolute Gasteiger partial charge is 0.492 e. The molecule has 2 rings (SSSR count). The molecule has 1 heterocycles. The van der Waals surface area contributed by atoms with Gasteiger partial charge in [-0.25, -0.2) is 8.78 Å². The molecule has 80 valence electrons. The van der Waals surface area contributed by atoms with Crippen molar-refractivity contribution in [2.24, 2.45) is 0 Å². The van der Waals surface area contributed by atoms with Gasteiger partial charge in [0.05, 0.1) is 6.61 Å². The van der Waals surface area contributed by atoms with Crippen molar-refractivity contribution < 1.29 is 18.3 Å². The molecular weight excluding hydrogens is 202 g/mol. The molecule has 0 unspecified atom stereocenters. The number of hydrogen-bond donors (Lipinski definition) is 0. The van der Waals surface area contributed by atoms with E-state index >= 15 is 0 Å². The van der Waals surface area contributed by atoms with Crippen LogP contribution in [0.15, 0.2) is 6.07 Å². The lowest BCUT2D eigenvalue weighted by molar-refractivity contribution is -0.116. The minimum Gasteiger partial charge on any atom is -0.492 e. The Kier molecular flexibility index (Phi) is 2.42. The molecule has 0 saturated carbocycles. The molecule has 1 aromatic carbocycles. The van der Waals surface area contributed by atoms with E-state index in [-0.39, 0.29) is 23.5 Å². The van der Waals surface area contributed by atoms with Gasteiger partial charge in [-0.05, 0) is 6.92 Å². The predicted octanol–water partition coefficient (Wildman–Crippen LogP) is 2.03. The van der Waals surface area contributed by atoms with Gasteiger partial charge in [-0.15, -0.1) is 0 Å². The van der Waals surface area contributed by atoms with Crippen LogP contribution in [-0.4, -0.2) is 12.4 Å². The Hall–Kier alpha value is -1.45. The maximum atomic E-state index is 13.4. The molecule has 0 fully saturated rings. The highest BCUT2D eigenvalue weighted by Crippen LogP contribution is 2.34. The van der Waals surface area contributed by atoms with Gasteiger partial charge in [0.25, 0.3) is 0 Å². The van der Waals surface area contributed by atoms with E-state index in [4.69, 9.17) is 4.74 Å². The molecule has 0 aliphatic carbocycles. The summed E-state index contributed by atoms with van der Waals surface area (Å²) in [7, 11) is 0. The summed E-state index contributed by atoms with van der Waals surface area (Å²) >= 11 is 0. The first kappa shape index (κ1) is 10.1. The number of benzene rings is 1. The van der Waals surface area contributed by atoms with Gasteiger partial charge < -0.3 is 4.74 Å². The molecule has 2 nitrogen and oxygen atoms in total. The van der Waals surface area contributed by atoms with Crippen molar-refractivity contribution >= 4 is 5.78 Å². The molecule has 1 aromatic rings. The van der Waals surface area contributed by atoms with Gasteiger partial charge >= 0.3 is 0 Å². The zero-order chi connectivity index (χ0) is 11.0. The summed E-state index contributed by atoms with van der Waals surface area (Å²) in [6.07, 6.45) is 0.390. The summed E-state index contributed by atoms with van der Waals surface area (Å²) in [5.41, 5.74) is 0.559. The van der Waals surface area contributed by atoms with Crippen LogP contribution in [0.5, 0.6) is 5.75 Å². The molecule has 0 bridgehead atoms. The summed E-state index contributed by atoms with van der Waals surface area (Å²) in [6, 6.07) is 0.825. The molecule has 4 heteroatoms.